The number of nitrogen functional groups attached to an aromatic ring is 1. The second-order valence-corrected chi connectivity index (χ2v) is 5.52. The Kier molecular flexibility index (Phi) is 4.75. The zero-order valence-electron chi connectivity index (χ0n) is 12.6. The number of carbonyl (C=O) groups excluding carboxylic acids is 2. The first kappa shape index (κ1) is 16.0. The second-order valence-electron chi connectivity index (χ2n) is 5.52. The van der Waals surface area contributed by atoms with Gasteiger partial charge in [-0.3, -0.25) is 4.79 Å². The number of rotatable bonds is 4. The topological polar surface area (TPSA) is 99.2 Å². The lowest BCUT2D eigenvalue weighted by Crippen LogP contribution is -2.43. The molecule has 1 rings (SSSR count). The first-order chi connectivity index (χ1) is 9.17. The molecule has 0 bridgehead atoms. The van der Waals surface area contributed by atoms with Gasteiger partial charge in [-0.2, -0.15) is 0 Å². The number of hydrogen-bond acceptors (Lipinski definition) is 5. The molecule has 20 heavy (non-hydrogen) atoms. The average Bonchev–Trinajstić information content (AvgIpc) is 2.68. The Bertz CT molecular complexity index is 502. The lowest BCUT2D eigenvalue weighted by atomic mass is 10.1. The van der Waals surface area contributed by atoms with Crippen LogP contribution in [0.4, 0.5) is 5.82 Å². The summed E-state index contributed by atoms with van der Waals surface area (Å²) in [5, 5.41) is 2.85. The van der Waals surface area contributed by atoms with Crippen molar-refractivity contribution in [2.75, 3.05) is 12.3 Å². The van der Waals surface area contributed by atoms with Crippen LogP contribution in [0.15, 0.2) is 6.33 Å². The van der Waals surface area contributed by atoms with Crippen molar-refractivity contribution in [3.63, 3.8) is 0 Å². The zero-order chi connectivity index (χ0) is 15.5. The fourth-order valence-corrected chi connectivity index (χ4v) is 1.64. The molecule has 0 radical (unpaired) electrons. The predicted octanol–water partition coefficient (Wildman–Crippen LogP) is 1.12. The van der Waals surface area contributed by atoms with Crippen molar-refractivity contribution in [3.8, 4) is 0 Å². The van der Waals surface area contributed by atoms with Crippen LogP contribution in [0, 0.1) is 0 Å². The lowest BCUT2D eigenvalue weighted by molar-refractivity contribution is -0.125. The highest BCUT2D eigenvalue weighted by molar-refractivity contribution is 5.92. The minimum absolute atomic E-state index is 0.0299. The van der Waals surface area contributed by atoms with Crippen molar-refractivity contribution in [3.05, 3.63) is 12.0 Å². The lowest BCUT2D eigenvalue weighted by Gasteiger charge is -2.24. The molecule has 3 N–H and O–H groups in total. The third kappa shape index (κ3) is 3.72. The van der Waals surface area contributed by atoms with E-state index in [2.05, 4.69) is 10.3 Å². The van der Waals surface area contributed by atoms with E-state index < -0.39 is 12.0 Å². The Labute approximate surface area is 118 Å². The molecule has 0 aliphatic rings. The first-order valence-corrected chi connectivity index (χ1v) is 6.48. The summed E-state index contributed by atoms with van der Waals surface area (Å²) in [6.45, 7) is 9.29. The van der Waals surface area contributed by atoms with E-state index in [1.54, 1.807) is 13.8 Å². The summed E-state index contributed by atoms with van der Waals surface area (Å²) >= 11 is 0. The van der Waals surface area contributed by atoms with E-state index in [-0.39, 0.29) is 29.6 Å². The van der Waals surface area contributed by atoms with E-state index in [1.165, 1.54) is 10.9 Å². The summed E-state index contributed by atoms with van der Waals surface area (Å²) < 4.78 is 6.30. The van der Waals surface area contributed by atoms with Crippen LogP contribution in [0.5, 0.6) is 0 Å². The molecule has 1 aromatic heterocycles. The minimum Gasteiger partial charge on any atom is -0.461 e. The number of nitrogens with zero attached hydrogens (tertiary/aromatic N) is 2. The molecule has 0 spiro atoms. The Balaban J connectivity index is 2.92. The standard InChI is InChI=1S/C13H22N4O3/c1-6-20-12(19)9-10(14)17(7-15-9)8(2)11(18)16-13(3,4)5/h7-8H,6,14H2,1-5H3,(H,16,18). The molecule has 0 aliphatic heterocycles. The fraction of sp³-hybridized carbons (Fsp3) is 0.615. The van der Waals surface area contributed by atoms with E-state index in [4.69, 9.17) is 10.5 Å². The number of nitrogens with two attached hydrogens (primary N) is 1. The Morgan fingerprint density at radius 3 is 2.60 bits per heavy atom. The van der Waals surface area contributed by atoms with E-state index in [9.17, 15) is 9.59 Å². The molecule has 7 heteroatoms. The van der Waals surface area contributed by atoms with Gasteiger partial charge in [-0.25, -0.2) is 9.78 Å². The van der Waals surface area contributed by atoms with Gasteiger partial charge in [0.25, 0.3) is 0 Å². The highest BCUT2D eigenvalue weighted by atomic mass is 16.5. The maximum absolute atomic E-state index is 12.1. The van der Waals surface area contributed by atoms with Crippen LogP contribution in [0.1, 0.15) is 51.1 Å². The summed E-state index contributed by atoms with van der Waals surface area (Å²) in [5.41, 5.74) is 5.54. The van der Waals surface area contributed by atoms with Gasteiger partial charge in [0.2, 0.25) is 5.91 Å². The van der Waals surface area contributed by atoms with Crippen LogP contribution < -0.4 is 11.1 Å². The van der Waals surface area contributed by atoms with Gasteiger partial charge in [-0.1, -0.05) is 0 Å². The van der Waals surface area contributed by atoms with Gasteiger partial charge in [-0.15, -0.1) is 0 Å². The maximum Gasteiger partial charge on any atom is 0.360 e. The van der Waals surface area contributed by atoms with Crippen molar-refractivity contribution in [2.45, 2.75) is 46.2 Å². The van der Waals surface area contributed by atoms with Gasteiger partial charge < -0.3 is 20.4 Å². The van der Waals surface area contributed by atoms with Crippen LogP contribution in [0.3, 0.4) is 0 Å². The van der Waals surface area contributed by atoms with Gasteiger partial charge in [0.1, 0.15) is 11.9 Å². The normalized spacial score (nSPS) is 12.8. The molecule has 0 aromatic carbocycles. The summed E-state index contributed by atoms with van der Waals surface area (Å²) in [7, 11) is 0. The third-order valence-electron chi connectivity index (χ3n) is 2.60. The Morgan fingerprint density at radius 2 is 2.10 bits per heavy atom. The number of esters is 1. The molecular formula is C13H22N4O3. The fourth-order valence-electron chi connectivity index (χ4n) is 1.64. The molecule has 1 amide bonds. The van der Waals surface area contributed by atoms with Gasteiger partial charge in [0, 0.05) is 5.54 Å². The Hall–Kier alpha value is -2.05. The van der Waals surface area contributed by atoms with Gasteiger partial charge in [-0.05, 0) is 34.6 Å². The molecule has 1 heterocycles. The van der Waals surface area contributed by atoms with Crippen LogP contribution in [0.25, 0.3) is 0 Å². The SMILES string of the molecule is CCOC(=O)c1ncn(C(C)C(=O)NC(C)(C)C)c1N. The van der Waals surface area contributed by atoms with Crippen molar-refractivity contribution in [1.29, 1.82) is 0 Å². The molecule has 1 atom stereocenters. The number of aromatic nitrogens is 2. The van der Waals surface area contributed by atoms with Crippen LogP contribution in [0.2, 0.25) is 0 Å². The third-order valence-corrected chi connectivity index (χ3v) is 2.60. The monoisotopic (exact) mass is 282 g/mol. The maximum atomic E-state index is 12.1. The molecule has 0 saturated carbocycles. The van der Waals surface area contributed by atoms with Gasteiger partial charge in [0.05, 0.1) is 12.9 Å². The number of amides is 1. The molecule has 7 nitrogen and oxygen atoms in total. The molecule has 1 unspecified atom stereocenters. The van der Waals surface area contributed by atoms with Crippen LogP contribution in [-0.2, 0) is 9.53 Å². The highest BCUT2D eigenvalue weighted by Crippen LogP contribution is 2.18. The summed E-state index contributed by atoms with van der Waals surface area (Å²) in [6, 6.07) is -0.565. The van der Waals surface area contributed by atoms with Gasteiger partial charge >= 0.3 is 5.97 Å². The highest BCUT2D eigenvalue weighted by Gasteiger charge is 2.25. The van der Waals surface area contributed by atoms with E-state index in [0.717, 1.165) is 0 Å². The number of ether oxygens (including phenoxy) is 1. The average molecular weight is 282 g/mol. The summed E-state index contributed by atoms with van der Waals surface area (Å²) in [4.78, 5) is 27.6. The number of carbonyl (C=O) groups is 2. The van der Waals surface area contributed by atoms with Crippen molar-refractivity contribution < 1.29 is 14.3 Å². The van der Waals surface area contributed by atoms with Crippen LogP contribution >= 0.6 is 0 Å². The first-order valence-electron chi connectivity index (χ1n) is 6.48. The predicted molar refractivity (Wildman–Crippen MR) is 75.2 cm³/mol. The largest absolute Gasteiger partial charge is 0.461 e. The quantitative estimate of drug-likeness (QED) is 0.806. The van der Waals surface area contributed by atoms with Crippen LogP contribution in [-0.4, -0.2) is 33.6 Å². The number of nitrogens with one attached hydrogen (secondary N) is 1. The zero-order valence-corrected chi connectivity index (χ0v) is 12.6. The Morgan fingerprint density at radius 1 is 1.50 bits per heavy atom. The molecule has 0 aliphatic carbocycles. The van der Waals surface area contributed by atoms with E-state index in [0.29, 0.717) is 0 Å². The smallest absolute Gasteiger partial charge is 0.360 e. The number of hydrogen-bond donors (Lipinski definition) is 2. The number of anilines is 1. The number of imidazole rings is 1. The molecule has 1 aromatic rings. The minimum atomic E-state index is -0.591. The summed E-state index contributed by atoms with van der Waals surface area (Å²) in [6.07, 6.45) is 1.37. The molecule has 112 valence electrons. The molecular weight excluding hydrogens is 260 g/mol. The molecule has 0 fully saturated rings. The van der Waals surface area contributed by atoms with Crippen molar-refractivity contribution >= 4 is 17.7 Å². The van der Waals surface area contributed by atoms with Crippen molar-refractivity contribution in [2.24, 2.45) is 0 Å². The van der Waals surface area contributed by atoms with Crippen molar-refractivity contribution in [1.82, 2.24) is 14.9 Å². The van der Waals surface area contributed by atoms with E-state index in [1.807, 2.05) is 20.8 Å². The second kappa shape index (κ2) is 5.94. The van der Waals surface area contributed by atoms with Gasteiger partial charge in [0.15, 0.2) is 5.69 Å². The molecule has 0 saturated heterocycles. The van der Waals surface area contributed by atoms with E-state index >= 15 is 0 Å². The summed E-state index contributed by atoms with van der Waals surface area (Å²) in [5.74, 6) is -0.663.